The van der Waals surface area contributed by atoms with Gasteiger partial charge in [0.15, 0.2) is 0 Å². The van der Waals surface area contributed by atoms with Crippen molar-refractivity contribution in [2.45, 2.75) is 27.0 Å². The van der Waals surface area contributed by atoms with Crippen molar-refractivity contribution >= 4 is 12.4 Å². The number of halogens is 1. The van der Waals surface area contributed by atoms with Crippen molar-refractivity contribution in [1.82, 2.24) is 0 Å². The van der Waals surface area contributed by atoms with Gasteiger partial charge in [-0.2, -0.15) is 0 Å². The molecular weight excluding hydrogens is 330 g/mol. The van der Waals surface area contributed by atoms with Crippen LogP contribution in [0.5, 0.6) is 5.75 Å². The minimum absolute atomic E-state index is 0. The maximum atomic E-state index is 6.07. The maximum Gasteiger partial charge on any atom is 0.127 e. The number of ether oxygens (including phenoxy) is 1. The van der Waals surface area contributed by atoms with Crippen LogP contribution in [0, 0.1) is 13.8 Å². The fourth-order valence-electron chi connectivity index (χ4n) is 2.85. The fourth-order valence-corrected chi connectivity index (χ4v) is 2.85. The predicted molar refractivity (Wildman–Crippen MR) is 107 cm³/mol. The van der Waals surface area contributed by atoms with Crippen molar-refractivity contribution in [3.8, 4) is 16.9 Å². The van der Waals surface area contributed by atoms with Crippen LogP contribution < -0.4 is 10.5 Å². The summed E-state index contributed by atoms with van der Waals surface area (Å²) in [6, 6.07) is 23.1. The van der Waals surface area contributed by atoms with Crippen LogP contribution in [0.2, 0.25) is 0 Å². The summed E-state index contributed by atoms with van der Waals surface area (Å²) in [4.78, 5) is 0. The molecule has 2 nitrogen and oxygen atoms in total. The van der Waals surface area contributed by atoms with E-state index < -0.39 is 0 Å². The van der Waals surface area contributed by atoms with Gasteiger partial charge in [-0.05, 0) is 48.2 Å². The highest BCUT2D eigenvalue weighted by atomic mass is 35.5. The lowest BCUT2D eigenvalue weighted by atomic mass is 9.98. The van der Waals surface area contributed by atoms with Crippen molar-refractivity contribution in [3.05, 3.63) is 89.0 Å². The largest absolute Gasteiger partial charge is 0.488 e. The molecule has 25 heavy (non-hydrogen) atoms. The van der Waals surface area contributed by atoms with E-state index >= 15 is 0 Å². The number of nitrogens with two attached hydrogens (primary N) is 1. The second-order valence-electron chi connectivity index (χ2n) is 6.13. The Bertz CT molecular complexity index is 813. The van der Waals surface area contributed by atoms with Gasteiger partial charge in [-0.3, -0.25) is 0 Å². The van der Waals surface area contributed by atoms with Crippen molar-refractivity contribution in [2.24, 2.45) is 5.73 Å². The molecule has 0 aliphatic heterocycles. The normalized spacial score (nSPS) is 10.2. The Hall–Kier alpha value is -2.29. The standard InChI is InChI=1S/C22H23NO.ClH/c1-16-8-10-19(11-9-16)20-12-17(2)22(21(13-20)14-23)24-15-18-6-4-3-5-7-18;/h3-13H,14-15,23H2,1-2H3;1H. The molecule has 130 valence electrons. The third kappa shape index (κ3) is 4.62. The lowest BCUT2D eigenvalue weighted by Crippen LogP contribution is -2.05. The van der Waals surface area contributed by atoms with Gasteiger partial charge in [-0.25, -0.2) is 0 Å². The highest BCUT2D eigenvalue weighted by Crippen LogP contribution is 2.31. The molecule has 3 heteroatoms. The predicted octanol–water partition coefficient (Wildman–Crippen LogP) is 5.43. The van der Waals surface area contributed by atoms with Gasteiger partial charge >= 0.3 is 0 Å². The van der Waals surface area contributed by atoms with E-state index in [-0.39, 0.29) is 12.4 Å². The van der Waals surface area contributed by atoms with Gasteiger partial charge in [0.2, 0.25) is 0 Å². The lowest BCUT2D eigenvalue weighted by Gasteiger charge is -2.16. The summed E-state index contributed by atoms with van der Waals surface area (Å²) in [7, 11) is 0. The summed E-state index contributed by atoms with van der Waals surface area (Å²) < 4.78 is 6.07. The topological polar surface area (TPSA) is 35.2 Å². The Morgan fingerprint density at radius 1 is 0.840 bits per heavy atom. The molecule has 0 saturated carbocycles. The average molecular weight is 354 g/mol. The third-order valence-electron chi connectivity index (χ3n) is 4.18. The summed E-state index contributed by atoms with van der Waals surface area (Å²) in [6.07, 6.45) is 0. The molecule has 0 spiro atoms. The molecule has 0 unspecified atom stereocenters. The van der Waals surface area contributed by atoms with Crippen molar-refractivity contribution < 1.29 is 4.74 Å². The zero-order chi connectivity index (χ0) is 16.9. The van der Waals surface area contributed by atoms with Gasteiger partial charge in [0, 0.05) is 12.1 Å². The van der Waals surface area contributed by atoms with Gasteiger partial charge in [0.05, 0.1) is 0 Å². The van der Waals surface area contributed by atoms with Crippen LogP contribution in [-0.2, 0) is 13.2 Å². The quantitative estimate of drug-likeness (QED) is 0.663. The molecule has 3 aromatic rings. The number of rotatable bonds is 5. The van der Waals surface area contributed by atoms with E-state index in [1.54, 1.807) is 0 Å². The highest BCUT2D eigenvalue weighted by Gasteiger charge is 2.10. The first-order chi connectivity index (χ1) is 11.7. The summed E-state index contributed by atoms with van der Waals surface area (Å²) in [6.45, 7) is 5.20. The molecule has 2 N–H and O–H groups in total. The molecule has 3 aromatic carbocycles. The number of hydrogen-bond donors (Lipinski definition) is 1. The molecule has 0 bridgehead atoms. The summed E-state index contributed by atoms with van der Waals surface area (Å²) in [5.41, 5.74) is 12.9. The Morgan fingerprint density at radius 2 is 1.52 bits per heavy atom. The number of hydrogen-bond acceptors (Lipinski definition) is 2. The van der Waals surface area contributed by atoms with E-state index in [2.05, 4.69) is 62.4 Å². The molecule has 0 aliphatic carbocycles. The third-order valence-corrected chi connectivity index (χ3v) is 4.18. The van der Waals surface area contributed by atoms with Crippen LogP contribution in [0.15, 0.2) is 66.7 Å². The van der Waals surface area contributed by atoms with Crippen LogP contribution in [0.4, 0.5) is 0 Å². The van der Waals surface area contributed by atoms with Crippen LogP contribution in [0.1, 0.15) is 22.3 Å². The highest BCUT2D eigenvalue weighted by molar-refractivity contribution is 5.85. The molecule has 3 rings (SSSR count). The average Bonchev–Trinajstić information content (AvgIpc) is 2.61. The second kappa shape index (κ2) is 8.70. The molecule has 0 fully saturated rings. The van der Waals surface area contributed by atoms with Crippen molar-refractivity contribution in [3.63, 3.8) is 0 Å². The van der Waals surface area contributed by atoms with Gasteiger partial charge in [-0.15, -0.1) is 12.4 Å². The zero-order valence-electron chi connectivity index (χ0n) is 14.7. The molecule has 0 atom stereocenters. The molecule has 0 aromatic heterocycles. The first kappa shape index (κ1) is 19.0. The summed E-state index contributed by atoms with van der Waals surface area (Å²) in [5.74, 6) is 0.900. The Labute approximate surface area is 156 Å². The number of benzene rings is 3. The van der Waals surface area contributed by atoms with Gasteiger partial charge in [0.25, 0.3) is 0 Å². The first-order valence-electron chi connectivity index (χ1n) is 8.24. The van der Waals surface area contributed by atoms with E-state index in [1.165, 1.54) is 16.7 Å². The smallest absolute Gasteiger partial charge is 0.127 e. The van der Waals surface area contributed by atoms with E-state index in [9.17, 15) is 0 Å². The molecule has 0 radical (unpaired) electrons. The van der Waals surface area contributed by atoms with Crippen LogP contribution in [0.3, 0.4) is 0 Å². The fraction of sp³-hybridized carbons (Fsp3) is 0.182. The van der Waals surface area contributed by atoms with Crippen LogP contribution in [-0.4, -0.2) is 0 Å². The van der Waals surface area contributed by atoms with Crippen molar-refractivity contribution in [2.75, 3.05) is 0 Å². The zero-order valence-corrected chi connectivity index (χ0v) is 15.5. The molecule has 0 heterocycles. The Kier molecular flexibility index (Phi) is 6.63. The molecule has 0 amide bonds. The molecular formula is C22H24ClNO. The van der Waals surface area contributed by atoms with Crippen LogP contribution in [0.25, 0.3) is 11.1 Å². The summed E-state index contributed by atoms with van der Waals surface area (Å²) in [5, 5.41) is 0. The molecule has 0 saturated heterocycles. The van der Waals surface area contributed by atoms with Crippen molar-refractivity contribution in [1.29, 1.82) is 0 Å². The van der Waals surface area contributed by atoms with E-state index in [0.29, 0.717) is 13.2 Å². The van der Waals surface area contributed by atoms with Gasteiger partial charge < -0.3 is 10.5 Å². The van der Waals surface area contributed by atoms with E-state index in [4.69, 9.17) is 10.5 Å². The number of aryl methyl sites for hydroxylation is 2. The first-order valence-corrected chi connectivity index (χ1v) is 8.24. The SMILES string of the molecule is Cc1ccc(-c2cc(C)c(OCc3ccccc3)c(CN)c2)cc1.Cl. The minimum Gasteiger partial charge on any atom is -0.488 e. The monoisotopic (exact) mass is 353 g/mol. The lowest BCUT2D eigenvalue weighted by molar-refractivity contribution is 0.301. The summed E-state index contributed by atoms with van der Waals surface area (Å²) >= 11 is 0. The minimum atomic E-state index is 0. The van der Waals surface area contributed by atoms with Gasteiger partial charge in [-0.1, -0.05) is 60.2 Å². The van der Waals surface area contributed by atoms with Gasteiger partial charge in [0.1, 0.15) is 12.4 Å². The maximum absolute atomic E-state index is 6.07. The second-order valence-corrected chi connectivity index (χ2v) is 6.13. The Morgan fingerprint density at radius 3 is 2.16 bits per heavy atom. The van der Waals surface area contributed by atoms with E-state index in [1.807, 2.05) is 18.2 Å². The van der Waals surface area contributed by atoms with Crippen LogP contribution >= 0.6 is 12.4 Å². The van der Waals surface area contributed by atoms with E-state index in [0.717, 1.165) is 22.4 Å². The molecule has 0 aliphatic rings. The Balaban J connectivity index is 0.00000225.